The highest BCUT2D eigenvalue weighted by Crippen LogP contribution is 2.19. The van der Waals surface area contributed by atoms with Gasteiger partial charge in [-0.15, -0.1) is 0 Å². The Kier molecular flexibility index (Phi) is 6.19. The molecule has 0 spiro atoms. The maximum atomic E-state index is 13.1. The summed E-state index contributed by atoms with van der Waals surface area (Å²) in [5.74, 6) is 0.325. The minimum atomic E-state index is -0.283. The summed E-state index contributed by atoms with van der Waals surface area (Å²) >= 11 is 0. The molecule has 0 aromatic heterocycles. The molecule has 1 aliphatic rings. The molecular weight excluding hydrogens is 283 g/mol. The van der Waals surface area contributed by atoms with Crippen molar-refractivity contribution in [2.75, 3.05) is 6.54 Å². The van der Waals surface area contributed by atoms with E-state index in [9.17, 15) is 9.18 Å². The number of nitrogens with one attached hydrogen (secondary N) is 2. The lowest BCUT2D eigenvalue weighted by Crippen LogP contribution is -2.43. The predicted octanol–water partition coefficient (Wildman–Crippen LogP) is 2.63. The molecule has 5 heteroatoms. The van der Waals surface area contributed by atoms with Gasteiger partial charge in [0.15, 0.2) is 0 Å². The molecule has 2 rings (SSSR count). The second-order valence-corrected chi connectivity index (χ2v) is 6.04. The van der Waals surface area contributed by atoms with Crippen molar-refractivity contribution >= 4 is 5.91 Å². The topological polar surface area (TPSA) is 50.4 Å². The Balaban J connectivity index is 1.67. The average molecular weight is 308 g/mol. The number of hydrogen-bond donors (Lipinski definition) is 2. The average Bonchev–Trinajstić information content (AvgIpc) is 2.46. The molecule has 0 aliphatic heterocycles. The van der Waals surface area contributed by atoms with Gasteiger partial charge in [-0.25, -0.2) is 4.39 Å². The zero-order valence-electron chi connectivity index (χ0n) is 13.3. The van der Waals surface area contributed by atoms with E-state index in [0.717, 1.165) is 32.2 Å². The van der Waals surface area contributed by atoms with Gasteiger partial charge in [-0.05, 0) is 44.7 Å². The molecule has 0 bridgehead atoms. The Bertz CT molecular complexity index is 487. The van der Waals surface area contributed by atoms with E-state index < -0.39 is 0 Å². The van der Waals surface area contributed by atoms with Gasteiger partial charge in [0.05, 0.1) is 0 Å². The third-order valence-corrected chi connectivity index (χ3v) is 3.96. The first kappa shape index (κ1) is 16.7. The van der Waals surface area contributed by atoms with Crippen molar-refractivity contribution in [1.29, 1.82) is 0 Å². The molecule has 1 aliphatic carbocycles. The number of amides is 1. The lowest BCUT2D eigenvalue weighted by molar-refractivity contribution is -0.119. The van der Waals surface area contributed by atoms with Crippen LogP contribution in [0.4, 0.5) is 4.39 Å². The Morgan fingerprint density at radius 3 is 2.64 bits per heavy atom. The van der Waals surface area contributed by atoms with E-state index >= 15 is 0 Å². The first-order chi connectivity index (χ1) is 10.5. The van der Waals surface area contributed by atoms with E-state index in [1.165, 1.54) is 12.1 Å². The molecule has 0 heterocycles. The fourth-order valence-corrected chi connectivity index (χ4v) is 2.88. The Morgan fingerprint density at radius 2 is 2.00 bits per heavy atom. The van der Waals surface area contributed by atoms with Crippen LogP contribution < -0.4 is 15.4 Å². The highest BCUT2D eigenvalue weighted by molar-refractivity contribution is 5.73. The number of hydrogen-bond acceptors (Lipinski definition) is 3. The highest BCUT2D eigenvalue weighted by Gasteiger charge is 2.21. The van der Waals surface area contributed by atoms with Crippen LogP contribution in [0.3, 0.4) is 0 Å². The molecule has 1 atom stereocenters. The van der Waals surface area contributed by atoms with Crippen molar-refractivity contribution in [3.63, 3.8) is 0 Å². The Morgan fingerprint density at radius 1 is 1.32 bits per heavy atom. The molecule has 0 saturated heterocycles. The summed E-state index contributed by atoms with van der Waals surface area (Å²) in [6.45, 7) is 4.27. The van der Waals surface area contributed by atoms with Crippen LogP contribution in [0.1, 0.15) is 39.5 Å². The smallest absolute Gasteiger partial charge is 0.217 e. The van der Waals surface area contributed by atoms with Crippen LogP contribution in [0.15, 0.2) is 24.3 Å². The second-order valence-electron chi connectivity index (χ2n) is 6.04. The molecule has 1 aromatic rings. The van der Waals surface area contributed by atoms with E-state index in [4.69, 9.17) is 4.74 Å². The van der Waals surface area contributed by atoms with Crippen molar-refractivity contribution in [3.8, 4) is 5.75 Å². The van der Waals surface area contributed by atoms with Gasteiger partial charge in [0.25, 0.3) is 0 Å². The van der Waals surface area contributed by atoms with Crippen LogP contribution in [0.25, 0.3) is 0 Å². The van der Waals surface area contributed by atoms with Gasteiger partial charge < -0.3 is 15.4 Å². The predicted molar refractivity (Wildman–Crippen MR) is 84.4 cm³/mol. The summed E-state index contributed by atoms with van der Waals surface area (Å²) < 4.78 is 18.8. The first-order valence-electron chi connectivity index (χ1n) is 7.95. The number of halogens is 1. The van der Waals surface area contributed by atoms with Crippen molar-refractivity contribution in [2.45, 2.75) is 57.7 Å². The number of carbonyl (C=O) groups excluding carboxylic acids is 1. The van der Waals surface area contributed by atoms with Crippen LogP contribution in [0, 0.1) is 5.82 Å². The van der Waals surface area contributed by atoms with Crippen LogP contribution in [0.5, 0.6) is 5.75 Å². The highest BCUT2D eigenvalue weighted by atomic mass is 19.1. The van der Waals surface area contributed by atoms with E-state index in [-0.39, 0.29) is 17.8 Å². The van der Waals surface area contributed by atoms with Crippen molar-refractivity contribution in [2.24, 2.45) is 0 Å². The summed E-state index contributed by atoms with van der Waals surface area (Å²) in [6, 6.07) is 6.99. The van der Waals surface area contributed by atoms with Gasteiger partial charge in [-0.3, -0.25) is 4.79 Å². The van der Waals surface area contributed by atoms with Gasteiger partial charge in [0.2, 0.25) is 5.91 Å². The van der Waals surface area contributed by atoms with E-state index in [1.54, 1.807) is 19.1 Å². The lowest BCUT2D eigenvalue weighted by Gasteiger charge is -2.30. The standard InChI is InChI=1S/C17H25FN2O2/c1-12(22-17-5-3-4-14(18)10-17)11-19-15-6-8-16(9-7-15)20-13(2)21/h3-5,10,12,15-16,19H,6-9,11H2,1-2H3,(H,20,21)/t12-,15?,16?/m0/s1. The van der Waals surface area contributed by atoms with Gasteiger partial charge in [-0.2, -0.15) is 0 Å². The van der Waals surface area contributed by atoms with E-state index in [2.05, 4.69) is 10.6 Å². The molecule has 1 fully saturated rings. The minimum absolute atomic E-state index is 0.0186. The monoisotopic (exact) mass is 308 g/mol. The van der Waals surface area contributed by atoms with Crippen molar-refractivity contribution < 1.29 is 13.9 Å². The number of benzene rings is 1. The molecule has 22 heavy (non-hydrogen) atoms. The quantitative estimate of drug-likeness (QED) is 0.849. The van der Waals surface area contributed by atoms with Crippen LogP contribution in [-0.2, 0) is 4.79 Å². The van der Waals surface area contributed by atoms with Crippen LogP contribution >= 0.6 is 0 Å². The third kappa shape index (κ3) is 5.64. The van der Waals surface area contributed by atoms with Gasteiger partial charge in [0.1, 0.15) is 17.7 Å². The number of ether oxygens (including phenoxy) is 1. The summed E-state index contributed by atoms with van der Waals surface area (Å²) in [7, 11) is 0. The zero-order chi connectivity index (χ0) is 15.9. The summed E-state index contributed by atoms with van der Waals surface area (Å²) in [5.41, 5.74) is 0. The number of carbonyl (C=O) groups is 1. The van der Waals surface area contributed by atoms with Crippen molar-refractivity contribution in [1.82, 2.24) is 10.6 Å². The molecule has 0 unspecified atom stereocenters. The van der Waals surface area contributed by atoms with Crippen LogP contribution in [-0.4, -0.2) is 30.6 Å². The molecule has 4 nitrogen and oxygen atoms in total. The zero-order valence-corrected chi connectivity index (χ0v) is 13.3. The molecule has 1 saturated carbocycles. The first-order valence-corrected chi connectivity index (χ1v) is 7.95. The van der Waals surface area contributed by atoms with Gasteiger partial charge >= 0.3 is 0 Å². The molecule has 0 radical (unpaired) electrons. The summed E-state index contributed by atoms with van der Waals surface area (Å²) in [4.78, 5) is 11.0. The SMILES string of the molecule is CC(=O)NC1CCC(NC[C@H](C)Oc2cccc(F)c2)CC1. The maximum Gasteiger partial charge on any atom is 0.217 e. The molecule has 1 amide bonds. The van der Waals surface area contributed by atoms with Gasteiger partial charge in [0, 0.05) is 31.6 Å². The van der Waals surface area contributed by atoms with E-state index in [0.29, 0.717) is 17.8 Å². The Labute approximate surface area is 131 Å². The maximum absolute atomic E-state index is 13.1. The molecule has 2 N–H and O–H groups in total. The fraction of sp³-hybridized carbons (Fsp3) is 0.588. The Hall–Kier alpha value is -1.62. The normalized spacial score (nSPS) is 22.9. The third-order valence-electron chi connectivity index (χ3n) is 3.96. The van der Waals surface area contributed by atoms with Crippen molar-refractivity contribution in [3.05, 3.63) is 30.1 Å². The minimum Gasteiger partial charge on any atom is -0.489 e. The molecule has 1 aromatic carbocycles. The largest absolute Gasteiger partial charge is 0.489 e. The summed E-state index contributed by atoms with van der Waals surface area (Å²) in [5, 5.41) is 6.48. The fourth-order valence-electron chi connectivity index (χ4n) is 2.88. The summed E-state index contributed by atoms with van der Waals surface area (Å²) in [6.07, 6.45) is 4.11. The van der Waals surface area contributed by atoms with Gasteiger partial charge in [-0.1, -0.05) is 6.07 Å². The molecule has 122 valence electrons. The second kappa shape index (κ2) is 8.13. The van der Waals surface area contributed by atoms with Crippen LogP contribution in [0.2, 0.25) is 0 Å². The van der Waals surface area contributed by atoms with E-state index in [1.807, 2.05) is 6.92 Å². The molecular formula is C17H25FN2O2. The lowest BCUT2D eigenvalue weighted by atomic mass is 9.91. The number of rotatable bonds is 6.